The third-order valence-corrected chi connectivity index (χ3v) is 5.52. The Labute approximate surface area is 223 Å². The lowest BCUT2D eigenvalue weighted by atomic mass is 9.94. The van der Waals surface area contributed by atoms with Crippen LogP contribution in [0.15, 0.2) is 54.6 Å². The molecule has 0 fully saturated rings. The van der Waals surface area contributed by atoms with Crippen molar-refractivity contribution in [3.8, 4) is 11.1 Å². The maximum atomic E-state index is 12.8. The summed E-state index contributed by atoms with van der Waals surface area (Å²) in [5.41, 5.74) is 3.07. The smallest absolute Gasteiger partial charge is 0.481 e. The molecule has 1 amide bonds. The number of hydrogen-bond acceptors (Lipinski definition) is 7. The lowest BCUT2D eigenvalue weighted by molar-refractivity contribution is -0.205. The Morgan fingerprint density at radius 3 is 2.05 bits per heavy atom. The van der Waals surface area contributed by atoms with Gasteiger partial charge in [0.05, 0.1) is 18.4 Å². The van der Waals surface area contributed by atoms with Gasteiger partial charge < -0.3 is 24.6 Å². The zero-order valence-corrected chi connectivity index (χ0v) is 22.6. The van der Waals surface area contributed by atoms with Crippen LogP contribution in [0.3, 0.4) is 0 Å². The highest BCUT2D eigenvalue weighted by atomic mass is 16.8. The minimum Gasteiger partial charge on any atom is -0.481 e. The van der Waals surface area contributed by atoms with E-state index in [0.717, 1.165) is 16.7 Å². The highest BCUT2D eigenvalue weighted by Crippen LogP contribution is 2.22. The van der Waals surface area contributed by atoms with E-state index in [1.165, 1.54) is 13.8 Å². The number of rotatable bonds is 13. The number of carbonyl (C=O) groups excluding carboxylic acids is 3. The monoisotopic (exact) mass is 527 g/mol. The van der Waals surface area contributed by atoms with Gasteiger partial charge in [0.15, 0.2) is 0 Å². The van der Waals surface area contributed by atoms with Gasteiger partial charge in [-0.1, -0.05) is 61.5 Å². The molecule has 0 aliphatic carbocycles. The van der Waals surface area contributed by atoms with Gasteiger partial charge in [-0.3, -0.25) is 14.4 Å². The molecule has 9 nitrogen and oxygen atoms in total. The number of carbonyl (C=O) groups is 4. The van der Waals surface area contributed by atoms with Crippen molar-refractivity contribution in [2.24, 2.45) is 5.92 Å². The lowest BCUT2D eigenvalue weighted by Gasteiger charge is -2.28. The standard InChI is InChI=1S/C29H37NO8/c1-19(2)36-28(35)38-29(4,5)37-27(34)20(3)17-24(30-25(31)15-16-26(32)33)18-21-11-13-23(14-12-21)22-9-7-6-8-10-22/h6-14,19-20,24H,15-18H2,1-5H3,(H,30,31)(H,32,33)/t20-,24+/m1/s1. The van der Waals surface area contributed by atoms with Crippen LogP contribution in [0.5, 0.6) is 0 Å². The topological polar surface area (TPSA) is 128 Å². The van der Waals surface area contributed by atoms with Crippen molar-refractivity contribution in [3.05, 3.63) is 60.2 Å². The Hall–Kier alpha value is -3.88. The van der Waals surface area contributed by atoms with Crippen molar-refractivity contribution in [1.29, 1.82) is 0 Å². The fourth-order valence-corrected chi connectivity index (χ4v) is 3.77. The summed E-state index contributed by atoms with van der Waals surface area (Å²) in [5.74, 6) is -4.31. The number of nitrogens with one attached hydrogen (secondary N) is 1. The van der Waals surface area contributed by atoms with Crippen molar-refractivity contribution in [1.82, 2.24) is 5.32 Å². The molecule has 38 heavy (non-hydrogen) atoms. The molecule has 0 unspecified atom stereocenters. The fourth-order valence-electron chi connectivity index (χ4n) is 3.77. The van der Waals surface area contributed by atoms with Crippen LogP contribution in [0, 0.1) is 5.92 Å². The third kappa shape index (κ3) is 11.0. The van der Waals surface area contributed by atoms with E-state index in [2.05, 4.69) is 5.32 Å². The van der Waals surface area contributed by atoms with Crippen LogP contribution in [-0.2, 0) is 35.0 Å². The van der Waals surface area contributed by atoms with Gasteiger partial charge in [0.2, 0.25) is 5.91 Å². The Kier molecular flexibility index (Phi) is 11.3. The molecule has 206 valence electrons. The average molecular weight is 528 g/mol. The summed E-state index contributed by atoms with van der Waals surface area (Å²) in [4.78, 5) is 47.9. The minimum atomic E-state index is -1.55. The first-order chi connectivity index (χ1) is 17.8. The molecule has 0 saturated heterocycles. The minimum absolute atomic E-state index is 0.170. The second-order valence-corrected chi connectivity index (χ2v) is 9.90. The summed E-state index contributed by atoms with van der Waals surface area (Å²) in [6.07, 6.45) is -1.15. The van der Waals surface area contributed by atoms with E-state index in [1.807, 2.05) is 54.6 Å². The molecular weight excluding hydrogens is 490 g/mol. The Morgan fingerprint density at radius 2 is 1.47 bits per heavy atom. The van der Waals surface area contributed by atoms with Crippen LogP contribution in [0.1, 0.15) is 59.4 Å². The molecule has 2 atom stereocenters. The average Bonchev–Trinajstić information content (AvgIpc) is 2.82. The quantitative estimate of drug-likeness (QED) is 0.272. The van der Waals surface area contributed by atoms with Crippen molar-refractivity contribution >= 4 is 24.0 Å². The van der Waals surface area contributed by atoms with Gasteiger partial charge in [0.1, 0.15) is 0 Å². The summed E-state index contributed by atoms with van der Waals surface area (Å²) < 4.78 is 15.4. The SMILES string of the molecule is CC(C)OC(=O)OC(C)(C)OC(=O)[C@H](C)C[C@@H](Cc1ccc(-c2ccccc2)cc1)NC(=O)CCC(=O)O. The Bertz CT molecular complexity index is 1080. The number of esters is 1. The number of benzene rings is 2. The van der Waals surface area contributed by atoms with Crippen LogP contribution in [0.2, 0.25) is 0 Å². The van der Waals surface area contributed by atoms with Crippen molar-refractivity contribution in [3.63, 3.8) is 0 Å². The zero-order chi connectivity index (χ0) is 28.3. The molecule has 2 aromatic rings. The van der Waals surface area contributed by atoms with Crippen molar-refractivity contribution in [2.75, 3.05) is 0 Å². The third-order valence-electron chi connectivity index (χ3n) is 5.52. The van der Waals surface area contributed by atoms with Gasteiger partial charge in [-0.2, -0.15) is 0 Å². The number of hydrogen-bond donors (Lipinski definition) is 2. The fraction of sp³-hybridized carbons (Fsp3) is 0.448. The van der Waals surface area contributed by atoms with Crippen LogP contribution >= 0.6 is 0 Å². The zero-order valence-electron chi connectivity index (χ0n) is 22.6. The van der Waals surface area contributed by atoms with E-state index < -0.39 is 41.7 Å². The van der Waals surface area contributed by atoms with Crippen LogP contribution in [0.4, 0.5) is 4.79 Å². The highest BCUT2D eigenvalue weighted by molar-refractivity contribution is 5.81. The molecule has 0 spiro atoms. The van der Waals surface area contributed by atoms with Gasteiger partial charge in [0.25, 0.3) is 5.79 Å². The van der Waals surface area contributed by atoms with E-state index in [0.29, 0.717) is 6.42 Å². The molecule has 0 aliphatic heterocycles. The van der Waals surface area contributed by atoms with E-state index in [4.69, 9.17) is 19.3 Å². The predicted molar refractivity (Wildman–Crippen MR) is 141 cm³/mol. The maximum absolute atomic E-state index is 12.8. The van der Waals surface area contributed by atoms with Crippen LogP contribution in [-0.4, -0.2) is 47.0 Å². The summed E-state index contributed by atoms with van der Waals surface area (Å²) in [6.45, 7) is 7.85. The number of ether oxygens (including phenoxy) is 3. The van der Waals surface area contributed by atoms with Crippen molar-refractivity contribution < 1.29 is 38.5 Å². The lowest BCUT2D eigenvalue weighted by Crippen LogP contribution is -2.41. The predicted octanol–water partition coefficient (Wildman–Crippen LogP) is 5.11. The molecule has 2 N–H and O–H groups in total. The largest absolute Gasteiger partial charge is 0.511 e. The highest BCUT2D eigenvalue weighted by Gasteiger charge is 2.32. The molecule has 0 heterocycles. The first kappa shape index (κ1) is 30.3. The number of carboxylic acids is 1. The molecule has 0 radical (unpaired) electrons. The molecular formula is C29H37NO8. The second kappa shape index (κ2) is 14.2. The van der Waals surface area contributed by atoms with Gasteiger partial charge in [0, 0.05) is 26.3 Å². The molecule has 9 heteroatoms. The first-order valence-electron chi connectivity index (χ1n) is 12.6. The number of amides is 1. The molecule has 0 aromatic heterocycles. The summed E-state index contributed by atoms with van der Waals surface area (Å²) in [6, 6.07) is 17.3. The second-order valence-electron chi connectivity index (χ2n) is 9.90. The van der Waals surface area contributed by atoms with Crippen molar-refractivity contribution in [2.45, 2.75) is 78.2 Å². The van der Waals surface area contributed by atoms with Gasteiger partial charge in [-0.05, 0) is 43.4 Å². The van der Waals surface area contributed by atoms with Gasteiger partial charge in [-0.25, -0.2) is 4.79 Å². The summed E-state index contributed by atoms with van der Waals surface area (Å²) >= 11 is 0. The Balaban J connectivity index is 2.08. The molecule has 2 aromatic carbocycles. The van der Waals surface area contributed by atoms with Gasteiger partial charge >= 0.3 is 18.1 Å². The summed E-state index contributed by atoms with van der Waals surface area (Å²) in [5, 5.41) is 11.8. The summed E-state index contributed by atoms with van der Waals surface area (Å²) in [7, 11) is 0. The number of aliphatic carboxylic acids is 1. The Morgan fingerprint density at radius 1 is 0.868 bits per heavy atom. The molecule has 2 rings (SSSR count). The van der Waals surface area contributed by atoms with E-state index in [-0.39, 0.29) is 25.4 Å². The van der Waals surface area contributed by atoms with Crippen LogP contribution in [0.25, 0.3) is 11.1 Å². The molecule has 0 bridgehead atoms. The normalized spacial score (nSPS) is 12.8. The number of carboxylic acid groups (broad SMARTS) is 1. The maximum Gasteiger partial charge on any atom is 0.511 e. The van der Waals surface area contributed by atoms with Gasteiger partial charge in [-0.15, -0.1) is 0 Å². The van der Waals surface area contributed by atoms with E-state index in [1.54, 1.807) is 20.8 Å². The van der Waals surface area contributed by atoms with E-state index >= 15 is 0 Å². The van der Waals surface area contributed by atoms with E-state index in [9.17, 15) is 19.2 Å². The first-order valence-corrected chi connectivity index (χ1v) is 12.6. The molecule has 0 saturated carbocycles. The van der Waals surface area contributed by atoms with Crippen LogP contribution < -0.4 is 5.32 Å². The molecule has 0 aliphatic rings.